The molecule has 0 radical (unpaired) electrons. The number of hydrogen-bond donors (Lipinski definition) is 5. The lowest BCUT2D eigenvalue weighted by Crippen LogP contribution is -2.37. The second-order valence-electron chi connectivity index (χ2n) is 4.90. The molecule has 0 spiro atoms. The van der Waals surface area contributed by atoms with Crippen LogP contribution in [0.15, 0.2) is 21.9 Å². The molecular weight excluding hydrogens is 314 g/mol. The van der Waals surface area contributed by atoms with Crippen molar-refractivity contribution >= 4 is 5.97 Å². The highest BCUT2D eigenvalue weighted by Gasteiger charge is 2.44. The van der Waals surface area contributed by atoms with Gasteiger partial charge in [-0.2, -0.15) is 0 Å². The number of aromatic amines is 1. The van der Waals surface area contributed by atoms with Crippen LogP contribution >= 0.6 is 0 Å². The molecule has 1 saturated heterocycles. The van der Waals surface area contributed by atoms with Crippen molar-refractivity contribution in [2.75, 3.05) is 19.9 Å². The van der Waals surface area contributed by atoms with Crippen molar-refractivity contribution in [3.8, 4) is 0 Å². The van der Waals surface area contributed by atoms with E-state index in [1.165, 1.54) is 0 Å². The predicted octanol–water partition coefficient (Wildman–Crippen LogP) is -3.20. The van der Waals surface area contributed by atoms with Crippen LogP contribution in [0.2, 0.25) is 0 Å². The Labute approximate surface area is 129 Å². The van der Waals surface area contributed by atoms with Gasteiger partial charge in [0.15, 0.2) is 6.23 Å². The Morgan fingerprint density at radius 3 is 2.78 bits per heavy atom. The number of hydrogen-bond acceptors (Lipinski definition) is 8. The maximum Gasteiger partial charge on any atom is 0.330 e. The van der Waals surface area contributed by atoms with Gasteiger partial charge in [0.05, 0.1) is 19.9 Å². The number of nitrogens with zero attached hydrogens (tertiary/aromatic N) is 1. The summed E-state index contributed by atoms with van der Waals surface area (Å²) in [5.74, 6) is -1.04. The number of carboxylic acid groups (broad SMARTS) is 1. The quantitative estimate of drug-likeness (QED) is 0.256. The Morgan fingerprint density at radius 1 is 1.39 bits per heavy atom. The summed E-state index contributed by atoms with van der Waals surface area (Å²) in [6.45, 7) is -0.496. The zero-order chi connectivity index (χ0) is 17.0. The highest BCUT2D eigenvalue weighted by atomic mass is 16.6. The molecule has 1 fully saturated rings. The minimum absolute atomic E-state index is 0.0851. The van der Waals surface area contributed by atoms with E-state index >= 15 is 0 Å². The van der Waals surface area contributed by atoms with Gasteiger partial charge in [0, 0.05) is 12.3 Å². The standard InChI is InChI=1S/C12H17N3O8/c16-7-1-2-15(12(21)14-7)11-10(20)9(19)6(23-11)4-22-5-13-3-8(17)18/h1-2,6,9-11,13,19-20H,3-5H2,(H,17,18)(H,14,16,21)/t6-,9-,10-,11-/m1/s1. The van der Waals surface area contributed by atoms with Crippen molar-refractivity contribution in [1.29, 1.82) is 0 Å². The lowest BCUT2D eigenvalue weighted by atomic mass is 10.1. The van der Waals surface area contributed by atoms with E-state index in [0.717, 1.165) is 16.8 Å². The zero-order valence-electron chi connectivity index (χ0n) is 11.9. The van der Waals surface area contributed by atoms with Crippen molar-refractivity contribution in [3.05, 3.63) is 33.1 Å². The predicted molar refractivity (Wildman–Crippen MR) is 73.7 cm³/mol. The molecule has 0 bridgehead atoms. The molecule has 1 aromatic heterocycles. The minimum Gasteiger partial charge on any atom is -0.480 e. The summed E-state index contributed by atoms with van der Waals surface area (Å²) in [5, 5.41) is 30.8. The topological polar surface area (TPSA) is 163 Å². The smallest absolute Gasteiger partial charge is 0.330 e. The van der Waals surface area contributed by atoms with Gasteiger partial charge in [0.25, 0.3) is 5.56 Å². The molecule has 5 N–H and O–H groups in total. The van der Waals surface area contributed by atoms with Gasteiger partial charge >= 0.3 is 11.7 Å². The summed E-state index contributed by atoms with van der Waals surface area (Å²) >= 11 is 0. The van der Waals surface area contributed by atoms with E-state index in [1.54, 1.807) is 0 Å². The van der Waals surface area contributed by atoms with E-state index in [4.69, 9.17) is 14.6 Å². The van der Waals surface area contributed by atoms with Crippen LogP contribution in [0.1, 0.15) is 6.23 Å². The van der Waals surface area contributed by atoms with Crippen molar-refractivity contribution in [2.45, 2.75) is 24.5 Å². The van der Waals surface area contributed by atoms with Crippen LogP contribution < -0.4 is 16.6 Å². The number of H-pyrrole nitrogens is 1. The number of aliphatic hydroxyl groups excluding tert-OH is 2. The zero-order valence-corrected chi connectivity index (χ0v) is 11.9. The molecule has 2 rings (SSSR count). The van der Waals surface area contributed by atoms with E-state index in [1.807, 2.05) is 4.98 Å². The molecule has 11 nitrogen and oxygen atoms in total. The number of carbonyl (C=O) groups is 1. The minimum atomic E-state index is -1.39. The fourth-order valence-electron chi connectivity index (χ4n) is 2.13. The Morgan fingerprint density at radius 2 is 2.13 bits per heavy atom. The number of nitrogens with one attached hydrogen (secondary N) is 2. The molecule has 1 aromatic rings. The second-order valence-corrected chi connectivity index (χ2v) is 4.90. The van der Waals surface area contributed by atoms with Crippen LogP contribution in [0, 0.1) is 0 Å². The van der Waals surface area contributed by atoms with E-state index in [0.29, 0.717) is 0 Å². The first-order chi connectivity index (χ1) is 10.9. The molecule has 2 heterocycles. The summed E-state index contributed by atoms with van der Waals surface area (Å²) < 4.78 is 11.5. The third kappa shape index (κ3) is 4.24. The van der Waals surface area contributed by atoms with Crippen LogP contribution in [-0.4, -0.2) is 69.0 Å². The molecule has 0 amide bonds. The van der Waals surface area contributed by atoms with Crippen molar-refractivity contribution < 1.29 is 29.6 Å². The number of rotatable bonds is 7. The molecule has 0 aliphatic carbocycles. The molecule has 11 heteroatoms. The molecule has 0 unspecified atom stereocenters. The van der Waals surface area contributed by atoms with Gasteiger partial charge < -0.3 is 24.8 Å². The average Bonchev–Trinajstić information content (AvgIpc) is 2.75. The van der Waals surface area contributed by atoms with Gasteiger partial charge in [0.2, 0.25) is 0 Å². The van der Waals surface area contributed by atoms with E-state index in [2.05, 4.69) is 5.32 Å². The number of ether oxygens (including phenoxy) is 2. The van der Waals surface area contributed by atoms with Crippen LogP contribution in [0.5, 0.6) is 0 Å². The molecule has 4 atom stereocenters. The third-order valence-electron chi connectivity index (χ3n) is 3.22. The highest BCUT2D eigenvalue weighted by molar-refractivity contribution is 5.68. The summed E-state index contributed by atoms with van der Waals surface area (Å²) in [7, 11) is 0. The van der Waals surface area contributed by atoms with Crippen LogP contribution in [0.25, 0.3) is 0 Å². The van der Waals surface area contributed by atoms with E-state index in [9.17, 15) is 24.6 Å². The number of aliphatic carboxylic acids is 1. The third-order valence-corrected chi connectivity index (χ3v) is 3.22. The summed E-state index contributed by atoms with van der Waals surface area (Å²) in [4.78, 5) is 35.0. The number of aromatic nitrogens is 2. The Hall–Kier alpha value is -2.05. The van der Waals surface area contributed by atoms with Crippen molar-refractivity contribution in [2.24, 2.45) is 0 Å². The number of aliphatic hydroxyl groups is 2. The highest BCUT2D eigenvalue weighted by Crippen LogP contribution is 2.28. The van der Waals surface area contributed by atoms with Gasteiger partial charge in [-0.1, -0.05) is 0 Å². The van der Waals surface area contributed by atoms with Gasteiger partial charge in [-0.3, -0.25) is 24.5 Å². The first-order valence-electron chi connectivity index (χ1n) is 6.73. The first-order valence-corrected chi connectivity index (χ1v) is 6.73. The number of carboxylic acids is 1. The first kappa shape index (κ1) is 17.3. The normalized spacial score (nSPS) is 27.2. The molecule has 1 aliphatic rings. The maximum atomic E-state index is 11.7. The molecule has 23 heavy (non-hydrogen) atoms. The maximum absolute atomic E-state index is 11.7. The van der Waals surface area contributed by atoms with E-state index < -0.39 is 41.8 Å². The van der Waals surface area contributed by atoms with Crippen LogP contribution in [-0.2, 0) is 14.3 Å². The van der Waals surface area contributed by atoms with E-state index in [-0.39, 0.29) is 19.9 Å². The van der Waals surface area contributed by atoms with Crippen molar-refractivity contribution in [1.82, 2.24) is 14.9 Å². The summed E-state index contributed by atoms with van der Waals surface area (Å²) in [6, 6.07) is 1.09. The van der Waals surface area contributed by atoms with Gasteiger partial charge in [-0.25, -0.2) is 4.79 Å². The lowest BCUT2D eigenvalue weighted by Gasteiger charge is -2.16. The molecular formula is C12H17N3O8. The average molecular weight is 331 g/mol. The largest absolute Gasteiger partial charge is 0.480 e. The monoisotopic (exact) mass is 331 g/mol. The van der Waals surface area contributed by atoms with Gasteiger partial charge in [0.1, 0.15) is 18.3 Å². The molecule has 0 saturated carbocycles. The Kier molecular flexibility index (Phi) is 5.63. The molecule has 0 aromatic carbocycles. The molecule has 128 valence electrons. The second kappa shape index (κ2) is 7.48. The van der Waals surface area contributed by atoms with Gasteiger partial charge in [-0.05, 0) is 0 Å². The van der Waals surface area contributed by atoms with Gasteiger partial charge in [-0.15, -0.1) is 0 Å². The SMILES string of the molecule is O=C(O)CNCOC[C@H]1O[C@@H](n2ccc(=O)[nH]c2=O)[C@H](O)[C@@H]1O. The van der Waals surface area contributed by atoms with Crippen LogP contribution in [0.4, 0.5) is 0 Å². The Bertz CT molecular complexity index is 656. The molecule has 1 aliphatic heterocycles. The fraction of sp³-hybridized carbons (Fsp3) is 0.583. The fourth-order valence-corrected chi connectivity index (χ4v) is 2.13. The Balaban J connectivity index is 1.94. The van der Waals surface area contributed by atoms with Crippen LogP contribution in [0.3, 0.4) is 0 Å². The lowest BCUT2D eigenvalue weighted by molar-refractivity contribution is -0.136. The summed E-state index contributed by atoms with van der Waals surface area (Å²) in [5.41, 5.74) is -1.37. The van der Waals surface area contributed by atoms with Crippen molar-refractivity contribution in [3.63, 3.8) is 0 Å². The summed E-state index contributed by atoms with van der Waals surface area (Å²) in [6.07, 6.45) is -3.63.